The SMILES string of the molecule is CC(C)(C)c1ccc(OCc2nnc(SCC(F)F)n2N)cc1. The second-order valence-corrected chi connectivity index (χ2v) is 7.02. The topological polar surface area (TPSA) is 66.0 Å². The van der Waals surface area contributed by atoms with Crippen LogP contribution in [-0.4, -0.2) is 27.1 Å². The summed E-state index contributed by atoms with van der Waals surface area (Å²) in [7, 11) is 0. The smallest absolute Gasteiger partial charge is 0.248 e. The number of hydrogen-bond donors (Lipinski definition) is 1. The molecular weight excluding hydrogens is 322 g/mol. The van der Waals surface area contributed by atoms with E-state index >= 15 is 0 Å². The first-order valence-electron chi connectivity index (χ1n) is 7.11. The first-order valence-corrected chi connectivity index (χ1v) is 8.09. The summed E-state index contributed by atoms with van der Waals surface area (Å²) in [6.45, 7) is 6.53. The molecule has 8 heteroatoms. The molecule has 0 unspecified atom stereocenters. The highest BCUT2D eigenvalue weighted by atomic mass is 32.2. The van der Waals surface area contributed by atoms with Gasteiger partial charge in [-0.3, -0.25) is 0 Å². The van der Waals surface area contributed by atoms with Crippen LogP contribution < -0.4 is 10.6 Å². The molecule has 2 aromatic rings. The maximum absolute atomic E-state index is 12.2. The highest BCUT2D eigenvalue weighted by Crippen LogP contribution is 2.24. The Bertz CT molecular complexity index is 638. The van der Waals surface area contributed by atoms with Gasteiger partial charge in [0.1, 0.15) is 12.4 Å². The zero-order valence-electron chi connectivity index (χ0n) is 13.3. The maximum atomic E-state index is 12.2. The number of halogens is 2. The molecule has 2 rings (SSSR count). The molecule has 0 amide bonds. The van der Waals surface area contributed by atoms with Gasteiger partial charge in [-0.15, -0.1) is 10.2 Å². The second-order valence-electron chi connectivity index (χ2n) is 6.03. The Kier molecular flexibility index (Phi) is 5.46. The Labute approximate surface area is 138 Å². The molecule has 0 radical (unpaired) electrons. The molecule has 23 heavy (non-hydrogen) atoms. The van der Waals surface area contributed by atoms with E-state index in [-0.39, 0.29) is 22.9 Å². The normalized spacial score (nSPS) is 11.9. The van der Waals surface area contributed by atoms with Crippen LogP contribution in [0.2, 0.25) is 0 Å². The molecule has 0 fully saturated rings. The minimum atomic E-state index is -2.42. The lowest BCUT2D eigenvalue weighted by Gasteiger charge is -2.19. The van der Waals surface area contributed by atoms with Crippen LogP contribution in [0.3, 0.4) is 0 Å². The molecule has 0 aliphatic rings. The van der Waals surface area contributed by atoms with Crippen molar-refractivity contribution in [3.8, 4) is 5.75 Å². The van der Waals surface area contributed by atoms with Crippen molar-refractivity contribution in [2.45, 2.75) is 44.4 Å². The largest absolute Gasteiger partial charge is 0.486 e. The summed E-state index contributed by atoms with van der Waals surface area (Å²) >= 11 is 0.861. The number of alkyl halides is 2. The number of rotatable bonds is 6. The van der Waals surface area contributed by atoms with Crippen molar-refractivity contribution in [3.05, 3.63) is 35.7 Å². The van der Waals surface area contributed by atoms with Gasteiger partial charge in [0.05, 0.1) is 5.75 Å². The van der Waals surface area contributed by atoms with Gasteiger partial charge in [-0.2, -0.15) is 0 Å². The van der Waals surface area contributed by atoms with Crippen LogP contribution in [0.5, 0.6) is 5.75 Å². The molecule has 2 N–H and O–H groups in total. The van der Waals surface area contributed by atoms with E-state index in [0.29, 0.717) is 11.6 Å². The summed E-state index contributed by atoms with van der Waals surface area (Å²) < 4.78 is 31.2. The quantitative estimate of drug-likeness (QED) is 0.645. The zero-order chi connectivity index (χ0) is 17.0. The van der Waals surface area contributed by atoms with Crippen LogP contribution in [-0.2, 0) is 12.0 Å². The van der Waals surface area contributed by atoms with E-state index in [9.17, 15) is 8.78 Å². The summed E-state index contributed by atoms with van der Waals surface area (Å²) in [4.78, 5) is 0. The number of hydrogen-bond acceptors (Lipinski definition) is 5. The van der Waals surface area contributed by atoms with Crippen LogP contribution in [0.25, 0.3) is 0 Å². The molecule has 0 aliphatic heterocycles. The van der Waals surface area contributed by atoms with Crippen LogP contribution in [0.15, 0.2) is 29.4 Å². The zero-order valence-corrected chi connectivity index (χ0v) is 14.1. The summed E-state index contributed by atoms with van der Waals surface area (Å²) in [5.74, 6) is 6.47. The average Bonchev–Trinajstić information content (AvgIpc) is 2.83. The van der Waals surface area contributed by atoms with E-state index in [0.717, 1.165) is 11.8 Å². The van der Waals surface area contributed by atoms with Crippen LogP contribution in [0, 0.1) is 0 Å². The van der Waals surface area contributed by atoms with E-state index in [1.807, 2.05) is 24.3 Å². The van der Waals surface area contributed by atoms with Gasteiger partial charge in [0, 0.05) is 0 Å². The van der Waals surface area contributed by atoms with Crippen molar-refractivity contribution in [1.29, 1.82) is 0 Å². The predicted octanol–water partition coefficient (Wildman–Crippen LogP) is 3.23. The Morgan fingerprint density at radius 1 is 1.22 bits per heavy atom. The lowest BCUT2D eigenvalue weighted by molar-refractivity contribution is 0.176. The van der Waals surface area contributed by atoms with Gasteiger partial charge in [-0.1, -0.05) is 44.7 Å². The van der Waals surface area contributed by atoms with E-state index in [4.69, 9.17) is 10.6 Å². The van der Waals surface area contributed by atoms with Crippen molar-refractivity contribution in [2.24, 2.45) is 0 Å². The molecule has 1 aromatic heterocycles. The monoisotopic (exact) mass is 342 g/mol. The molecule has 5 nitrogen and oxygen atoms in total. The fraction of sp³-hybridized carbons (Fsp3) is 0.467. The molecule has 0 atom stereocenters. The van der Waals surface area contributed by atoms with Crippen molar-refractivity contribution in [1.82, 2.24) is 14.9 Å². The Morgan fingerprint density at radius 3 is 2.43 bits per heavy atom. The van der Waals surface area contributed by atoms with Crippen LogP contribution in [0.4, 0.5) is 8.78 Å². The standard InChI is InChI=1S/C15H20F2N4OS/c1-15(2,3)10-4-6-11(7-5-10)22-8-13-19-20-14(21(13)18)23-9-12(16)17/h4-7,12H,8-9,18H2,1-3H3. The minimum absolute atomic E-state index is 0.0762. The van der Waals surface area contributed by atoms with Crippen molar-refractivity contribution >= 4 is 11.8 Å². The van der Waals surface area contributed by atoms with Gasteiger partial charge in [-0.05, 0) is 23.1 Å². The third-order valence-electron chi connectivity index (χ3n) is 3.16. The fourth-order valence-corrected chi connectivity index (χ4v) is 2.46. The van der Waals surface area contributed by atoms with Gasteiger partial charge >= 0.3 is 0 Å². The molecule has 0 saturated carbocycles. The number of nitrogens with zero attached hydrogens (tertiary/aromatic N) is 3. The van der Waals surface area contributed by atoms with Crippen LogP contribution in [0.1, 0.15) is 32.2 Å². The van der Waals surface area contributed by atoms with Gasteiger partial charge in [0.2, 0.25) is 11.6 Å². The molecule has 0 saturated heterocycles. The summed E-state index contributed by atoms with van der Waals surface area (Å²) in [5.41, 5.74) is 1.28. The molecular formula is C15H20F2N4OS. The third kappa shape index (κ3) is 4.82. The molecule has 0 aliphatic carbocycles. The summed E-state index contributed by atoms with van der Waals surface area (Å²) in [6, 6.07) is 7.77. The molecule has 0 spiro atoms. The summed E-state index contributed by atoms with van der Waals surface area (Å²) in [6.07, 6.45) is -2.42. The number of nitrogen functional groups attached to an aromatic ring is 1. The number of benzene rings is 1. The number of thioether (sulfide) groups is 1. The highest BCUT2D eigenvalue weighted by Gasteiger charge is 2.15. The Hall–Kier alpha value is -1.83. The predicted molar refractivity (Wildman–Crippen MR) is 86.4 cm³/mol. The second kappa shape index (κ2) is 7.16. The maximum Gasteiger partial charge on any atom is 0.248 e. The third-order valence-corrected chi connectivity index (χ3v) is 4.12. The lowest BCUT2D eigenvalue weighted by Crippen LogP contribution is -2.16. The van der Waals surface area contributed by atoms with E-state index in [1.54, 1.807) is 0 Å². The first kappa shape index (κ1) is 17.5. The van der Waals surface area contributed by atoms with Gasteiger partial charge in [-0.25, -0.2) is 13.5 Å². The van der Waals surface area contributed by atoms with E-state index in [2.05, 4.69) is 31.0 Å². The van der Waals surface area contributed by atoms with E-state index < -0.39 is 6.43 Å². The Balaban J connectivity index is 1.96. The molecule has 1 heterocycles. The fourth-order valence-electron chi connectivity index (χ4n) is 1.84. The average molecular weight is 342 g/mol. The number of aromatic nitrogens is 3. The van der Waals surface area contributed by atoms with Crippen molar-refractivity contribution in [3.63, 3.8) is 0 Å². The molecule has 126 valence electrons. The Morgan fingerprint density at radius 2 is 1.87 bits per heavy atom. The van der Waals surface area contributed by atoms with Crippen LogP contribution >= 0.6 is 11.8 Å². The lowest BCUT2D eigenvalue weighted by atomic mass is 9.87. The molecule has 1 aromatic carbocycles. The van der Waals surface area contributed by atoms with Gasteiger partial charge in [0.25, 0.3) is 0 Å². The van der Waals surface area contributed by atoms with Crippen molar-refractivity contribution in [2.75, 3.05) is 11.6 Å². The van der Waals surface area contributed by atoms with Crippen molar-refractivity contribution < 1.29 is 13.5 Å². The van der Waals surface area contributed by atoms with Gasteiger partial charge < -0.3 is 10.6 Å². The highest BCUT2D eigenvalue weighted by molar-refractivity contribution is 7.99. The minimum Gasteiger partial charge on any atom is -0.486 e. The number of nitrogens with two attached hydrogens (primary N) is 1. The molecule has 0 bridgehead atoms. The van der Waals surface area contributed by atoms with E-state index in [1.165, 1.54) is 10.2 Å². The van der Waals surface area contributed by atoms with Gasteiger partial charge in [0.15, 0.2) is 5.82 Å². The summed E-state index contributed by atoms with van der Waals surface area (Å²) in [5, 5.41) is 7.89. The number of ether oxygens (including phenoxy) is 1. The first-order chi connectivity index (χ1) is 10.8.